The van der Waals surface area contributed by atoms with Crippen LogP contribution in [0.2, 0.25) is 0 Å². The number of hydrogen-bond acceptors (Lipinski definition) is 1. The number of fused-ring (bicyclic) bond motifs is 5. The summed E-state index contributed by atoms with van der Waals surface area (Å²) in [4.78, 5) is 2.38. The van der Waals surface area contributed by atoms with Gasteiger partial charge in [-0.1, -0.05) is 60.7 Å². The number of benzene rings is 8. The van der Waals surface area contributed by atoms with Crippen molar-refractivity contribution in [3.05, 3.63) is 188 Å². The van der Waals surface area contributed by atoms with Gasteiger partial charge in [0, 0.05) is 0 Å². The van der Waals surface area contributed by atoms with Crippen molar-refractivity contribution in [3.8, 4) is 33.4 Å². The third kappa shape index (κ3) is 5.22. The van der Waals surface area contributed by atoms with Gasteiger partial charge < -0.3 is 0 Å². The molecule has 0 fully saturated rings. The van der Waals surface area contributed by atoms with Gasteiger partial charge >= 0.3 is 222 Å². The van der Waals surface area contributed by atoms with Crippen molar-refractivity contribution in [2.75, 3.05) is 4.90 Å². The Bertz CT molecular complexity index is 2550. The topological polar surface area (TPSA) is 3.24 Å². The molecule has 0 aliphatic heterocycles. The van der Waals surface area contributed by atoms with Crippen molar-refractivity contribution < 1.29 is 0 Å². The molecule has 1 nitrogen and oxygen atoms in total. The summed E-state index contributed by atoms with van der Waals surface area (Å²) in [7, 11) is 0. The van der Waals surface area contributed by atoms with Crippen LogP contribution in [0.3, 0.4) is 0 Å². The zero-order valence-corrected chi connectivity index (χ0v) is 28.0. The summed E-state index contributed by atoms with van der Waals surface area (Å²) in [6.45, 7) is 0. The number of nitrogens with zero attached hydrogens (tertiary/aromatic N) is 1. The van der Waals surface area contributed by atoms with E-state index in [9.17, 15) is 0 Å². The maximum atomic E-state index is 2.41. The molecule has 0 saturated heterocycles. The molecule has 0 saturated carbocycles. The smallest absolute Gasteiger partial charge is 0.0544 e. The minimum Gasteiger partial charge on any atom is -0.0617 e. The van der Waals surface area contributed by atoms with Gasteiger partial charge in [-0.3, -0.25) is 0 Å². The first-order valence-corrected chi connectivity index (χ1v) is 18.1. The fraction of sp³-hybridized carbons (Fsp3) is 0. The maximum Gasteiger partial charge on any atom is -0.0544 e. The molecule has 1 heterocycles. The number of hydrogen-bond donors (Lipinski definition) is 0. The molecule has 0 atom stereocenters. The van der Waals surface area contributed by atoms with E-state index in [1.165, 1.54) is 63.4 Å². The van der Waals surface area contributed by atoms with Gasteiger partial charge in [-0.2, -0.15) is 0 Å². The molecule has 0 amide bonds. The van der Waals surface area contributed by atoms with E-state index in [2.05, 4.69) is 193 Å². The van der Waals surface area contributed by atoms with Crippen molar-refractivity contribution in [1.29, 1.82) is 0 Å². The molecule has 48 heavy (non-hydrogen) atoms. The Morgan fingerprint density at radius 3 is 1.56 bits per heavy atom. The summed E-state index contributed by atoms with van der Waals surface area (Å²) in [5.74, 6) is 0. The van der Waals surface area contributed by atoms with Crippen LogP contribution in [-0.2, 0) is 0 Å². The van der Waals surface area contributed by atoms with Gasteiger partial charge in [0.05, 0.1) is 0 Å². The van der Waals surface area contributed by atoms with Crippen molar-refractivity contribution in [2.24, 2.45) is 0 Å². The molecule has 0 bridgehead atoms. The summed E-state index contributed by atoms with van der Waals surface area (Å²) in [6, 6.07) is 68.5. The fourth-order valence-corrected chi connectivity index (χ4v) is 9.40. The zero-order chi connectivity index (χ0) is 31.9. The monoisotopic (exact) mass is 677 g/mol. The van der Waals surface area contributed by atoms with E-state index in [0.717, 1.165) is 17.1 Å². The zero-order valence-electron chi connectivity index (χ0n) is 26.3. The predicted molar refractivity (Wildman–Crippen MR) is 207 cm³/mol. The SMILES string of the molecule is c1ccc(-c2ccc(N(c3cccc(-c4ccccc4)c3)c3cccc(-c4ccc5[se]c6c7ccccc7ccc6c5c4)c3)cc2)cc1. The molecule has 0 aliphatic carbocycles. The Balaban J connectivity index is 1.16. The summed E-state index contributed by atoms with van der Waals surface area (Å²) >= 11 is 0.304. The Kier molecular flexibility index (Phi) is 7.24. The fourth-order valence-electron chi connectivity index (χ4n) is 6.84. The Labute approximate surface area is 286 Å². The quantitative estimate of drug-likeness (QED) is 0.159. The molecule has 0 aliphatic rings. The molecule has 9 rings (SSSR count). The number of anilines is 3. The summed E-state index contributed by atoms with van der Waals surface area (Å²) < 4.78 is 2.97. The van der Waals surface area contributed by atoms with Crippen LogP contribution in [0.5, 0.6) is 0 Å². The van der Waals surface area contributed by atoms with Crippen LogP contribution in [0.15, 0.2) is 188 Å². The van der Waals surface area contributed by atoms with Gasteiger partial charge in [0.1, 0.15) is 0 Å². The van der Waals surface area contributed by atoms with Gasteiger partial charge in [0.2, 0.25) is 0 Å². The summed E-state index contributed by atoms with van der Waals surface area (Å²) in [5.41, 5.74) is 10.7. The molecule has 0 radical (unpaired) electrons. The van der Waals surface area contributed by atoms with Gasteiger partial charge in [0.25, 0.3) is 0 Å². The van der Waals surface area contributed by atoms with Crippen molar-refractivity contribution >= 4 is 61.6 Å². The molecule has 226 valence electrons. The molecular formula is C46H31NSe. The van der Waals surface area contributed by atoms with Crippen LogP contribution in [0, 0.1) is 0 Å². The van der Waals surface area contributed by atoms with E-state index < -0.39 is 0 Å². The second-order valence-electron chi connectivity index (χ2n) is 12.2. The first-order valence-electron chi connectivity index (χ1n) is 16.3. The van der Waals surface area contributed by atoms with Gasteiger partial charge in [-0.25, -0.2) is 0 Å². The predicted octanol–water partition coefficient (Wildman–Crippen LogP) is 12.7. The van der Waals surface area contributed by atoms with E-state index >= 15 is 0 Å². The van der Waals surface area contributed by atoms with Crippen molar-refractivity contribution in [2.45, 2.75) is 0 Å². The van der Waals surface area contributed by atoms with Crippen LogP contribution in [0.1, 0.15) is 0 Å². The molecule has 2 heteroatoms. The molecule has 1 aromatic heterocycles. The molecule has 9 aromatic rings. The third-order valence-electron chi connectivity index (χ3n) is 9.24. The normalized spacial score (nSPS) is 11.3. The van der Waals surface area contributed by atoms with E-state index in [1.54, 1.807) is 0 Å². The van der Waals surface area contributed by atoms with Crippen LogP contribution >= 0.6 is 0 Å². The molecule has 0 spiro atoms. The first kappa shape index (κ1) is 28.6. The van der Waals surface area contributed by atoms with Gasteiger partial charge in [0.15, 0.2) is 0 Å². The third-order valence-corrected chi connectivity index (χ3v) is 11.8. The molecule has 0 N–H and O–H groups in total. The Morgan fingerprint density at radius 2 is 0.854 bits per heavy atom. The second-order valence-corrected chi connectivity index (χ2v) is 14.4. The van der Waals surface area contributed by atoms with Crippen LogP contribution < -0.4 is 4.90 Å². The van der Waals surface area contributed by atoms with Crippen LogP contribution in [-0.4, -0.2) is 14.5 Å². The second kappa shape index (κ2) is 12.2. The van der Waals surface area contributed by atoms with Crippen molar-refractivity contribution in [3.63, 3.8) is 0 Å². The minimum absolute atomic E-state index is 0.304. The average Bonchev–Trinajstić information content (AvgIpc) is 3.55. The molecular weight excluding hydrogens is 645 g/mol. The summed E-state index contributed by atoms with van der Waals surface area (Å²) in [6.07, 6.45) is 0. The van der Waals surface area contributed by atoms with E-state index in [-0.39, 0.29) is 0 Å². The largest absolute Gasteiger partial charge is 0.0617 e. The first-order chi connectivity index (χ1) is 23.8. The van der Waals surface area contributed by atoms with Crippen LogP contribution in [0.25, 0.3) is 63.4 Å². The minimum atomic E-state index is 0.304. The Morgan fingerprint density at radius 1 is 0.312 bits per heavy atom. The van der Waals surface area contributed by atoms with E-state index in [4.69, 9.17) is 0 Å². The van der Waals surface area contributed by atoms with Gasteiger partial charge in [-0.15, -0.1) is 0 Å². The van der Waals surface area contributed by atoms with Gasteiger partial charge in [-0.05, 0) is 5.56 Å². The number of rotatable bonds is 6. The molecule has 0 unspecified atom stereocenters. The standard InChI is InChI=1S/C46H31NSe/c1-3-11-32(12-4-1)34-21-25-39(26-22-34)47(40-18-9-16-36(29-40)33-13-5-2-6-14-33)41-19-10-17-37(30-41)38-24-28-45-44(31-38)43-27-23-35-15-7-8-20-42(35)46(43)48-45/h1-31H. The average molecular weight is 677 g/mol. The molecule has 8 aromatic carbocycles. The van der Waals surface area contributed by atoms with Crippen molar-refractivity contribution in [1.82, 2.24) is 0 Å². The summed E-state index contributed by atoms with van der Waals surface area (Å²) in [5, 5.41) is 5.48. The van der Waals surface area contributed by atoms with E-state index in [1.807, 2.05) is 0 Å². The van der Waals surface area contributed by atoms with E-state index in [0.29, 0.717) is 14.5 Å². The Hall–Kier alpha value is -5.66. The maximum absolute atomic E-state index is 2.41. The van der Waals surface area contributed by atoms with Crippen LogP contribution in [0.4, 0.5) is 17.1 Å².